The molecule has 0 aliphatic carbocycles. The van der Waals surface area contributed by atoms with Gasteiger partial charge >= 0.3 is 0 Å². The SMILES string of the molecule is CC(C)N1CC(C(=O)NCc2cn(-c3ccccc3)nc2-c2ccc(F)cc2)CC1=O. The molecule has 0 saturated carbocycles. The van der Waals surface area contributed by atoms with Gasteiger partial charge in [-0.3, -0.25) is 9.59 Å². The van der Waals surface area contributed by atoms with Gasteiger partial charge in [-0.15, -0.1) is 0 Å². The minimum Gasteiger partial charge on any atom is -0.352 e. The Bertz CT molecular complexity index is 1080. The van der Waals surface area contributed by atoms with Gasteiger partial charge in [0.2, 0.25) is 11.8 Å². The molecule has 4 rings (SSSR count). The van der Waals surface area contributed by atoms with Crippen LogP contribution in [0.2, 0.25) is 0 Å². The van der Waals surface area contributed by atoms with E-state index in [4.69, 9.17) is 0 Å². The Hall–Kier alpha value is -3.48. The Morgan fingerprint density at radius 2 is 1.87 bits per heavy atom. The molecule has 1 fully saturated rings. The summed E-state index contributed by atoms with van der Waals surface area (Å²) >= 11 is 0. The molecule has 2 amide bonds. The molecular formula is C24H25FN4O2. The predicted molar refractivity (Wildman–Crippen MR) is 116 cm³/mol. The maximum Gasteiger partial charge on any atom is 0.225 e. The third-order valence-corrected chi connectivity index (χ3v) is 5.53. The molecule has 1 aromatic heterocycles. The molecule has 0 radical (unpaired) electrons. The number of carbonyl (C=O) groups is 2. The Kier molecular flexibility index (Phi) is 5.84. The summed E-state index contributed by atoms with van der Waals surface area (Å²) in [7, 11) is 0. The van der Waals surface area contributed by atoms with E-state index < -0.39 is 0 Å². The van der Waals surface area contributed by atoms with Crippen molar-refractivity contribution in [3.05, 3.63) is 72.2 Å². The van der Waals surface area contributed by atoms with Gasteiger partial charge in [0.05, 0.1) is 17.3 Å². The molecule has 1 aliphatic heterocycles. The highest BCUT2D eigenvalue weighted by molar-refractivity contribution is 5.89. The summed E-state index contributed by atoms with van der Waals surface area (Å²) in [6.45, 7) is 4.61. The van der Waals surface area contributed by atoms with Crippen LogP contribution in [-0.4, -0.2) is 39.1 Å². The maximum atomic E-state index is 13.4. The lowest BCUT2D eigenvalue weighted by molar-refractivity contribution is -0.130. The zero-order valence-corrected chi connectivity index (χ0v) is 17.6. The van der Waals surface area contributed by atoms with E-state index in [2.05, 4.69) is 10.4 Å². The van der Waals surface area contributed by atoms with Gasteiger partial charge < -0.3 is 10.2 Å². The van der Waals surface area contributed by atoms with Crippen molar-refractivity contribution in [3.63, 3.8) is 0 Å². The van der Waals surface area contributed by atoms with E-state index in [9.17, 15) is 14.0 Å². The van der Waals surface area contributed by atoms with Crippen LogP contribution in [0.15, 0.2) is 60.8 Å². The van der Waals surface area contributed by atoms with Crippen molar-refractivity contribution in [2.45, 2.75) is 32.9 Å². The van der Waals surface area contributed by atoms with Gasteiger partial charge in [-0.25, -0.2) is 9.07 Å². The summed E-state index contributed by atoms with van der Waals surface area (Å²) in [5.74, 6) is -0.803. The van der Waals surface area contributed by atoms with E-state index in [1.54, 1.807) is 21.7 Å². The first-order chi connectivity index (χ1) is 14.9. The van der Waals surface area contributed by atoms with E-state index in [1.807, 2.05) is 50.4 Å². The van der Waals surface area contributed by atoms with Crippen molar-refractivity contribution >= 4 is 11.8 Å². The van der Waals surface area contributed by atoms with E-state index >= 15 is 0 Å². The largest absolute Gasteiger partial charge is 0.352 e. The normalized spacial score (nSPS) is 16.2. The lowest BCUT2D eigenvalue weighted by Crippen LogP contribution is -2.35. The Morgan fingerprint density at radius 3 is 2.52 bits per heavy atom. The number of nitrogens with zero attached hydrogens (tertiary/aromatic N) is 3. The van der Waals surface area contributed by atoms with E-state index in [1.165, 1.54) is 12.1 Å². The maximum absolute atomic E-state index is 13.4. The molecule has 7 heteroatoms. The molecule has 1 unspecified atom stereocenters. The standard InChI is InChI=1S/C24H25FN4O2/c1-16(2)28-14-18(12-22(28)30)24(31)26-13-19-15-29(21-6-4-3-5-7-21)27-23(19)17-8-10-20(25)11-9-17/h3-11,15-16,18H,12-14H2,1-2H3,(H,26,31). The third kappa shape index (κ3) is 4.50. The smallest absolute Gasteiger partial charge is 0.225 e. The van der Waals surface area contributed by atoms with Crippen LogP contribution in [-0.2, 0) is 16.1 Å². The van der Waals surface area contributed by atoms with Crippen molar-refractivity contribution in [2.75, 3.05) is 6.54 Å². The quantitative estimate of drug-likeness (QED) is 0.663. The number of hydrogen-bond donors (Lipinski definition) is 1. The molecule has 0 spiro atoms. The second kappa shape index (κ2) is 8.71. The molecule has 31 heavy (non-hydrogen) atoms. The molecule has 1 N–H and O–H groups in total. The molecule has 2 heterocycles. The minimum atomic E-state index is -0.353. The van der Waals surface area contributed by atoms with E-state index in [-0.39, 0.29) is 42.6 Å². The fraction of sp³-hybridized carbons (Fsp3) is 0.292. The van der Waals surface area contributed by atoms with Crippen LogP contribution in [0.25, 0.3) is 16.9 Å². The van der Waals surface area contributed by atoms with Gasteiger partial charge in [0.15, 0.2) is 0 Å². The topological polar surface area (TPSA) is 67.2 Å². The average Bonchev–Trinajstić information content (AvgIpc) is 3.37. The van der Waals surface area contributed by atoms with Gasteiger partial charge in [-0.2, -0.15) is 5.10 Å². The zero-order chi connectivity index (χ0) is 22.0. The number of hydrogen-bond acceptors (Lipinski definition) is 3. The molecule has 1 aliphatic rings. The number of rotatable bonds is 6. The van der Waals surface area contributed by atoms with Crippen LogP contribution < -0.4 is 5.32 Å². The molecule has 1 atom stereocenters. The van der Waals surface area contributed by atoms with Crippen molar-refractivity contribution in [2.24, 2.45) is 5.92 Å². The molecule has 3 aromatic rings. The summed E-state index contributed by atoms with van der Waals surface area (Å²) in [5, 5.41) is 7.65. The Labute approximate surface area is 180 Å². The minimum absolute atomic E-state index is 0.0130. The van der Waals surface area contributed by atoms with Gasteiger partial charge in [0.25, 0.3) is 0 Å². The van der Waals surface area contributed by atoms with Crippen LogP contribution in [0.1, 0.15) is 25.8 Å². The lowest BCUT2D eigenvalue weighted by atomic mass is 10.1. The number of aromatic nitrogens is 2. The van der Waals surface area contributed by atoms with E-state index in [0.717, 1.165) is 16.8 Å². The summed E-state index contributed by atoms with van der Waals surface area (Å²) in [6.07, 6.45) is 2.10. The van der Waals surface area contributed by atoms with Crippen molar-refractivity contribution < 1.29 is 14.0 Å². The van der Waals surface area contributed by atoms with Crippen LogP contribution in [0.5, 0.6) is 0 Å². The number of carbonyl (C=O) groups excluding carboxylic acids is 2. The highest BCUT2D eigenvalue weighted by atomic mass is 19.1. The van der Waals surface area contributed by atoms with Crippen molar-refractivity contribution in [1.29, 1.82) is 0 Å². The number of nitrogens with one attached hydrogen (secondary N) is 1. The molecule has 160 valence electrons. The molecule has 1 saturated heterocycles. The highest BCUT2D eigenvalue weighted by Crippen LogP contribution is 2.25. The average molecular weight is 420 g/mol. The summed E-state index contributed by atoms with van der Waals surface area (Å²) in [6, 6.07) is 15.9. The monoisotopic (exact) mass is 420 g/mol. The zero-order valence-electron chi connectivity index (χ0n) is 17.6. The number of likely N-dealkylation sites (tertiary alicyclic amines) is 1. The first-order valence-electron chi connectivity index (χ1n) is 10.4. The third-order valence-electron chi connectivity index (χ3n) is 5.53. The fourth-order valence-electron chi connectivity index (χ4n) is 3.84. The summed E-state index contributed by atoms with van der Waals surface area (Å²) in [4.78, 5) is 26.6. The van der Waals surface area contributed by atoms with Crippen molar-refractivity contribution in [1.82, 2.24) is 20.0 Å². The first kappa shape index (κ1) is 20.8. The highest BCUT2D eigenvalue weighted by Gasteiger charge is 2.35. The Morgan fingerprint density at radius 1 is 1.16 bits per heavy atom. The number of amides is 2. The van der Waals surface area contributed by atoms with E-state index in [0.29, 0.717) is 12.2 Å². The number of benzene rings is 2. The number of para-hydroxylation sites is 1. The van der Waals surface area contributed by atoms with Gasteiger partial charge in [0, 0.05) is 42.9 Å². The second-order valence-corrected chi connectivity index (χ2v) is 8.05. The molecular weight excluding hydrogens is 395 g/mol. The van der Waals surface area contributed by atoms with Crippen LogP contribution in [0.4, 0.5) is 4.39 Å². The molecule has 2 aromatic carbocycles. The number of halogens is 1. The van der Waals surface area contributed by atoms with Crippen LogP contribution >= 0.6 is 0 Å². The first-order valence-corrected chi connectivity index (χ1v) is 10.4. The summed E-state index contributed by atoms with van der Waals surface area (Å²) < 4.78 is 15.2. The van der Waals surface area contributed by atoms with Gasteiger partial charge in [0.1, 0.15) is 5.82 Å². The van der Waals surface area contributed by atoms with Crippen LogP contribution in [0, 0.1) is 11.7 Å². The van der Waals surface area contributed by atoms with Crippen LogP contribution in [0.3, 0.4) is 0 Å². The van der Waals surface area contributed by atoms with Crippen molar-refractivity contribution in [3.8, 4) is 16.9 Å². The van der Waals surface area contributed by atoms with Gasteiger partial charge in [-0.1, -0.05) is 18.2 Å². The second-order valence-electron chi connectivity index (χ2n) is 8.05. The Balaban J connectivity index is 1.55. The molecule has 6 nitrogen and oxygen atoms in total. The predicted octanol–water partition coefficient (Wildman–Crippen LogP) is 3.55. The lowest BCUT2D eigenvalue weighted by Gasteiger charge is -2.20. The molecule has 0 bridgehead atoms. The van der Waals surface area contributed by atoms with Gasteiger partial charge in [-0.05, 0) is 50.2 Å². The fourth-order valence-corrected chi connectivity index (χ4v) is 3.84. The summed E-state index contributed by atoms with van der Waals surface area (Å²) in [5.41, 5.74) is 3.14.